The Labute approximate surface area is 149 Å². The van der Waals surface area contributed by atoms with Gasteiger partial charge in [0.2, 0.25) is 0 Å². The van der Waals surface area contributed by atoms with Gasteiger partial charge >= 0.3 is 0 Å². The predicted octanol–water partition coefficient (Wildman–Crippen LogP) is 3.48. The van der Waals surface area contributed by atoms with E-state index in [2.05, 4.69) is 21.2 Å². The Kier molecular flexibility index (Phi) is 5.98. The highest BCUT2D eigenvalue weighted by molar-refractivity contribution is 9.10. The van der Waals surface area contributed by atoms with Gasteiger partial charge in [-0.1, -0.05) is 18.2 Å². The Morgan fingerprint density at radius 3 is 2.54 bits per heavy atom. The van der Waals surface area contributed by atoms with Crippen LogP contribution in [0.2, 0.25) is 0 Å². The number of hydrogen-bond acceptors (Lipinski definition) is 3. The van der Waals surface area contributed by atoms with Crippen molar-refractivity contribution in [3.63, 3.8) is 0 Å². The van der Waals surface area contributed by atoms with Crippen molar-refractivity contribution in [2.24, 2.45) is 0 Å². The summed E-state index contributed by atoms with van der Waals surface area (Å²) in [5, 5.41) is 2.84. The van der Waals surface area contributed by atoms with E-state index in [-0.39, 0.29) is 18.4 Å². The molecule has 126 valence electrons. The Balaban J connectivity index is 2.16. The second-order valence-corrected chi connectivity index (χ2v) is 6.36. The van der Waals surface area contributed by atoms with Crippen LogP contribution in [0, 0.1) is 6.92 Å². The number of hydrogen-bond donors (Lipinski definition) is 1. The topological polar surface area (TPSA) is 58.6 Å². The third kappa shape index (κ3) is 4.58. The Morgan fingerprint density at radius 1 is 1.17 bits per heavy atom. The SMILES string of the molecule is Cc1ccc(NC(=O)c2ccccc2OCC(=O)N(C)C)c(Br)c1. The van der Waals surface area contributed by atoms with Crippen LogP contribution in [0.15, 0.2) is 46.9 Å². The quantitative estimate of drug-likeness (QED) is 0.849. The van der Waals surface area contributed by atoms with Gasteiger partial charge < -0.3 is 15.0 Å². The Bertz CT molecular complexity index is 760. The summed E-state index contributed by atoms with van der Waals surface area (Å²) < 4.78 is 6.31. The minimum Gasteiger partial charge on any atom is -0.483 e. The maximum atomic E-state index is 12.5. The van der Waals surface area contributed by atoms with Crippen molar-refractivity contribution < 1.29 is 14.3 Å². The number of nitrogens with zero attached hydrogens (tertiary/aromatic N) is 1. The van der Waals surface area contributed by atoms with Gasteiger partial charge in [-0.15, -0.1) is 0 Å². The first-order chi connectivity index (χ1) is 11.4. The zero-order valence-electron chi connectivity index (χ0n) is 13.8. The van der Waals surface area contributed by atoms with Gasteiger partial charge in [0.25, 0.3) is 11.8 Å². The van der Waals surface area contributed by atoms with Crippen molar-refractivity contribution >= 4 is 33.4 Å². The molecule has 0 saturated carbocycles. The summed E-state index contributed by atoms with van der Waals surface area (Å²) in [6.07, 6.45) is 0. The van der Waals surface area contributed by atoms with Gasteiger partial charge in [-0.05, 0) is 52.7 Å². The third-order valence-electron chi connectivity index (χ3n) is 3.35. The van der Waals surface area contributed by atoms with Gasteiger partial charge in [0.15, 0.2) is 6.61 Å². The van der Waals surface area contributed by atoms with Gasteiger partial charge in [0, 0.05) is 18.6 Å². The van der Waals surface area contributed by atoms with E-state index in [0.717, 1.165) is 10.0 Å². The molecule has 0 atom stereocenters. The highest BCUT2D eigenvalue weighted by Gasteiger charge is 2.15. The number of para-hydroxylation sites is 1. The van der Waals surface area contributed by atoms with Crippen molar-refractivity contribution in [2.75, 3.05) is 26.0 Å². The molecule has 0 spiro atoms. The summed E-state index contributed by atoms with van der Waals surface area (Å²) in [6.45, 7) is 1.85. The van der Waals surface area contributed by atoms with Crippen LogP contribution in [0.4, 0.5) is 5.69 Å². The fourth-order valence-corrected chi connectivity index (χ4v) is 2.55. The van der Waals surface area contributed by atoms with E-state index in [1.165, 1.54) is 4.90 Å². The van der Waals surface area contributed by atoms with E-state index in [9.17, 15) is 9.59 Å². The molecular weight excluding hydrogens is 372 g/mol. The van der Waals surface area contributed by atoms with Gasteiger partial charge in [-0.25, -0.2) is 0 Å². The monoisotopic (exact) mass is 390 g/mol. The summed E-state index contributed by atoms with van der Waals surface area (Å²) >= 11 is 3.44. The zero-order chi connectivity index (χ0) is 17.7. The molecule has 2 aromatic rings. The van der Waals surface area contributed by atoms with Gasteiger partial charge in [-0.3, -0.25) is 9.59 Å². The molecular formula is C18H19BrN2O3. The standard InChI is InChI=1S/C18H19BrN2O3/c1-12-8-9-15(14(19)10-12)20-18(23)13-6-4-5-7-16(13)24-11-17(22)21(2)3/h4-10H,11H2,1-3H3,(H,20,23). The largest absolute Gasteiger partial charge is 0.483 e. The molecule has 0 fully saturated rings. The van der Waals surface area contributed by atoms with Crippen LogP contribution in [-0.4, -0.2) is 37.4 Å². The summed E-state index contributed by atoms with van der Waals surface area (Å²) in [5.74, 6) is -0.104. The molecule has 0 aliphatic heterocycles. The third-order valence-corrected chi connectivity index (χ3v) is 4.01. The number of rotatable bonds is 5. The zero-order valence-corrected chi connectivity index (χ0v) is 15.4. The molecule has 2 rings (SSSR count). The normalized spacial score (nSPS) is 10.2. The lowest BCUT2D eigenvalue weighted by Gasteiger charge is -2.14. The second kappa shape index (κ2) is 7.97. The summed E-state index contributed by atoms with van der Waals surface area (Å²) in [4.78, 5) is 25.6. The smallest absolute Gasteiger partial charge is 0.259 e. The number of amides is 2. The lowest BCUT2D eigenvalue weighted by Crippen LogP contribution is -2.28. The maximum absolute atomic E-state index is 12.5. The number of nitrogens with one attached hydrogen (secondary N) is 1. The molecule has 1 N–H and O–H groups in total. The van der Waals surface area contributed by atoms with Crippen LogP contribution in [0.1, 0.15) is 15.9 Å². The van der Waals surface area contributed by atoms with Gasteiger partial charge in [-0.2, -0.15) is 0 Å². The lowest BCUT2D eigenvalue weighted by molar-refractivity contribution is -0.130. The number of aryl methyl sites for hydroxylation is 1. The molecule has 2 aromatic carbocycles. The van der Waals surface area contributed by atoms with Gasteiger partial charge in [0.05, 0.1) is 11.3 Å². The van der Waals surface area contributed by atoms with Crippen LogP contribution >= 0.6 is 15.9 Å². The number of likely N-dealkylation sites (N-methyl/N-ethyl adjacent to an activating group) is 1. The molecule has 0 aliphatic rings. The van der Waals surface area contributed by atoms with Crippen molar-refractivity contribution in [2.45, 2.75) is 6.92 Å². The number of anilines is 1. The van der Waals surface area contributed by atoms with Crippen LogP contribution in [0.3, 0.4) is 0 Å². The molecule has 2 amide bonds. The fraction of sp³-hybridized carbons (Fsp3) is 0.222. The molecule has 0 saturated heterocycles. The van der Waals surface area contributed by atoms with E-state index in [0.29, 0.717) is 17.0 Å². The summed E-state index contributed by atoms with van der Waals surface area (Å²) in [7, 11) is 3.30. The van der Waals surface area contributed by atoms with E-state index in [1.54, 1.807) is 38.4 Å². The first-order valence-electron chi connectivity index (χ1n) is 7.38. The van der Waals surface area contributed by atoms with Crippen LogP contribution in [-0.2, 0) is 4.79 Å². The summed E-state index contributed by atoms with van der Waals surface area (Å²) in [6, 6.07) is 12.5. The first-order valence-corrected chi connectivity index (χ1v) is 8.17. The fourth-order valence-electron chi connectivity index (χ4n) is 1.96. The van der Waals surface area contributed by atoms with Crippen LogP contribution in [0.5, 0.6) is 5.75 Å². The highest BCUT2D eigenvalue weighted by Crippen LogP contribution is 2.25. The van der Waals surface area contributed by atoms with E-state index < -0.39 is 0 Å². The van der Waals surface area contributed by atoms with E-state index >= 15 is 0 Å². The minimum absolute atomic E-state index is 0.120. The Hall–Kier alpha value is -2.34. The maximum Gasteiger partial charge on any atom is 0.259 e. The lowest BCUT2D eigenvalue weighted by atomic mass is 10.1. The van der Waals surface area contributed by atoms with E-state index in [1.807, 2.05) is 25.1 Å². The first kappa shape index (κ1) is 18.0. The van der Waals surface area contributed by atoms with Crippen molar-refractivity contribution in [3.8, 4) is 5.75 Å². The molecule has 5 nitrogen and oxygen atoms in total. The van der Waals surface area contributed by atoms with Crippen molar-refractivity contribution in [1.29, 1.82) is 0 Å². The van der Waals surface area contributed by atoms with Crippen molar-refractivity contribution in [3.05, 3.63) is 58.1 Å². The Morgan fingerprint density at radius 2 is 1.88 bits per heavy atom. The van der Waals surface area contributed by atoms with E-state index in [4.69, 9.17) is 4.74 Å². The average molecular weight is 391 g/mol. The molecule has 24 heavy (non-hydrogen) atoms. The molecule has 0 aromatic heterocycles. The molecule has 0 bridgehead atoms. The minimum atomic E-state index is -0.299. The van der Waals surface area contributed by atoms with Gasteiger partial charge in [0.1, 0.15) is 5.75 Å². The number of benzene rings is 2. The highest BCUT2D eigenvalue weighted by atomic mass is 79.9. The average Bonchev–Trinajstić information content (AvgIpc) is 2.55. The molecule has 0 heterocycles. The number of carbonyl (C=O) groups is 2. The van der Waals surface area contributed by atoms with Crippen LogP contribution < -0.4 is 10.1 Å². The number of carbonyl (C=O) groups excluding carboxylic acids is 2. The number of halogens is 1. The molecule has 0 unspecified atom stereocenters. The second-order valence-electron chi connectivity index (χ2n) is 5.51. The van der Waals surface area contributed by atoms with Crippen LogP contribution in [0.25, 0.3) is 0 Å². The molecule has 0 radical (unpaired) electrons. The molecule has 0 aliphatic carbocycles. The number of ether oxygens (including phenoxy) is 1. The van der Waals surface area contributed by atoms with Crippen molar-refractivity contribution in [1.82, 2.24) is 4.90 Å². The predicted molar refractivity (Wildman–Crippen MR) is 97.5 cm³/mol. The summed E-state index contributed by atoms with van der Waals surface area (Å²) in [5.41, 5.74) is 2.13. The molecule has 6 heteroatoms.